The van der Waals surface area contributed by atoms with Crippen molar-refractivity contribution in [3.05, 3.63) is 29.8 Å². The van der Waals surface area contributed by atoms with Crippen molar-refractivity contribution in [2.45, 2.75) is 38.1 Å². The normalized spacial score (nSPS) is 14.1. The van der Waals surface area contributed by atoms with Gasteiger partial charge in [0.05, 0.1) is 4.90 Å². The van der Waals surface area contributed by atoms with Crippen molar-refractivity contribution >= 4 is 10.0 Å². The lowest BCUT2D eigenvalue weighted by molar-refractivity contribution is 0.380. The molecule has 1 aromatic carbocycles. The predicted octanol–water partition coefficient (Wildman–Crippen LogP) is 2.41. The van der Waals surface area contributed by atoms with Crippen LogP contribution < -0.4 is 0 Å². The smallest absolute Gasteiger partial charge is 0.207 e. The molecule has 0 heterocycles. The number of aryl methyl sites for hydroxylation is 1. The Bertz CT molecular complexity index is 437. The maximum absolute atomic E-state index is 12.2. The van der Waals surface area contributed by atoms with Crippen LogP contribution in [0.25, 0.3) is 0 Å². The van der Waals surface area contributed by atoms with Crippen LogP contribution in [0.1, 0.15) is 25.8 Å². The Kier molecular flexibility index (Phi) is 4.10. The fourth-order valence-corrected chi connectivity index (χ4v) is 2.81. The molecule has 0 aliphatic rings. The van der Waals surface area contributed by atoms with Gasteiger partial charge in [0.25, 0.3) is 0 Å². The van der Waals surface area contributed by atoms with E-state index in [2.05, 4.69) is 0 Å². The van der Waals surface area contributed by atoms with Gasteiger partial charge in [-0.15, -0.1) is 0 Å². The van der Waals surface area contributed by atoms with Gasteiger partial charge in [0.1, 0.15) is 0 Å². The van der Waals surface area contributed by atoms with Crippen LogP contribution in [-0.4, -0.2) is 25.8 Å². The van der Waals surface area contributed by atoms with Crippen molar-refractivity contribution in [1.82, 2.24) is 4.31 Å². The first kappa shape index (κ1) is 13.2. The maximum Gasteiger partial charge on any atom is 0.243 e. The van der Waals surface area contributed by atoms with Crippen LogP contribution in [0, 0.1) is 6.92 Å². The van der Waals surface area contributed by atoms with Gasteiger partial charge in [-0.25, -0.2) is 8.42 Å². The molecule has 3 nitrogen and oxygen atoms in total. The average Bonchev–Trinajstić information content (AvgIpc) is 2.27. The molecular formula is C12H19NO2S. The second kappa shape index (κ2) is 4.97. The minimum absolute atomic E-state index is 0.0197. The summed E-state index contributed by atoms with van der Waals surface area (Å²) in [7, 11) is -1.71. The number of hydrogen-bond acceptors (Lipinski definition) is 2. The molecule has 0 amide bonds. The van der Waals surface area contributed by atoms with E-state index in [1.54, 1.807) is 19.2 Å². The minimum Gasteiger partial charge on any atom is -0.207 e. The van der Waals surface area contributed by atoms with Crippen molar-refractivity contribution in [3.8, 4) is 0 Å². The summed E-state index contributed by atoms with van der Waals surface area (Å²) in [5.74, 6) is 0. The molecule has 0 fully saturated rings. The van der Waals surface area contributed by atoms with Crippen LogP contribution in [0.15, 0.2) is 29.2 Å². The van der Waals surface area contributed by atoms with Gasteiger partial charge in [-0.1, -0.05) is 24.6 Å². The zero-order chi connectivity index (χ0) is 12.3. The molecule has 16 heavy (non-hydrogen) atoms. The molecule has 1 rings (SSSR count). The fourth-order valence-electron chi connectivity index (χ4n) is 1.37. The highest BCUT2D eigenvalue weighted by Crippen LogP contribution is 2.17. The highest BCUT2D eigenvalue weighted by Gasteiger charge is 2.23. The van der Waals surface area contributed by atoms with Crippen molar-refractivity contribution < 1.29 is 8.42 Å². The lowest BCUT2D eigenvalue weighted by Gasteiger charge is -2.23. The highest BCUT2D eigenvalue weighted by molar-refractivity contribution is 7.89. The Morgan fingerprint density at radius 1 is 1.25 bits per heavy atom. The molecule has 0 aliphatic carbocycles. The molecule has 0 spiro atoms. The van der Waals surface area contributed by atoms with Gasteiger partial charge < -0.3 is 0 Å². The van der Waals surface area contributed by atoms with Crippen molar-refractivity contribution in [2.24, 2.45) is 0 Å². The standard InChI is InChI=1S/C12H19NO2S/c1-5-11(3)13(4)16(14,15)12-8-6-10(2)7-9-12/h6-9,11H,5H2,1-4H3. The van der Waals surface area contributed by atoms with Gasteiger partial charge in [0, 0.05) is 13.1 Å². The molecule has 0 saturated heterocycles. The second-order valence-corrected chi connectivity index (χ2v) is 6.09. The minimum atomic E-state index is -3.33. The Morgan fingerprint density at radius 3 is 2.19 bits per heavy atom. The van der Waals surface area contributed by atoms with Gasteiger partial charge in [-0.2, -0.15) is 4.31 Å². The van der Waals surface area contributed by atoms with E-state index in [9.17, 15) is 8.42 Å². The van der Waals surface area contributed by atoms with E-state index >= 15 is 0 Å². The SMILES string of the molecule is CCC(C)N(C)S(=O)(=O)c1ccc(C)cc1. The third kappa shape index (κ3) is 2.62. The molecule has 0 bridgehead atoms. The first-order valence-electron chi connectivity index (χ1n) is 5.44. The van der Waals surface area contributed by atoms with Gasteiger partial charge in [0.2, 0.25) is 10.0 Å². The van der Waals surface area contributed by atoms with E-state index in [0.29, 0.717) is 4.90 Å². The van der Waals surface area contributed by atoms with Gasteiger partial charge in [-0.3, -0.25) is 0 Å². The molecule has 1 aromatic rings. The average molecular weight is 241 g/mol. The molecule has 0 aliphatic heterocycles. The second-order valence-electron chi connectivity index (χ2n) is 4.09. The van der Waals surface area contributed by atoms with Crippen LogP contribution in [0.2, 0.25) is 0 Å². The fraction of sp³-hybridized carbons (Fsp3) is 0.500. The van der Waals surface area contributed by atoms with E-state index in [4.69, 9.17) is 0 Å². The van der Waals surface area contributed by atoms with Gasteiger partial charge in [0.15, 0.2) is 0 Å². The zero-order valence-corrected chi connectivity index (χ0v) is 11.1. The summed E-state index contributed by atoms with van der Waals surface area (Å²) < 4.78 is 25.8. The molecular weight excluding hydrogens is 222 g/mol. The van der Waals surface area contributed by atoms with Crippen molar-refractivity contribution in [3.63, 3.8) is 0 Å². The molecule has 0 aromatic heterocycles. The topological polar surface area (TPSA) is 37.4 Å². The quantitative estimate of drug-likeness (QED) is 0.812. The highest BCUT2D eigenvalue weighted by atomic mass is 32.2. The molecule has 1 atom stereocenters. The largest absolute Gasteiger partial charge is 0.243 e. The molecule has 0 radical (unpaired) electrons. The van der Waals surface area contributed by atoms with E-state index in [-0.39, 0.29) is 6.04 Å². The molecule has 90 valence electrons. The Labute approximate surface area is 98.1 Å². The number of rotatable bonds is 4. The predicted molar refractivity (Wildman–Crippen MR) is 65.9 cm³/mol. The lowest BCUT2D eigenvalue weighted by Crippen LogP contribution is -2.34. The molecule has 0 saturated carbocycles. The van der Waals surface area contributed by atoms with Crippen LogP contribution in [0.5, 0.6) is 0 Å². The number of sulfonamides is 1. The first-order chi connectivity index (χ1) is 7.39. The third-order valence-electron chi connectivity index (χ3n) is 2.91. The summed E-state index contributed by atoms with van der Waals surface area (Å²) in [5, 5.41) is 0. The number of hydrogen-bond donors (Lipinski definition) is 0. The van der Waals surface area contributed by atoms with E-state index in [0.717, 1.165) is 12.0 Å². The Balaban J connectivity index is 3.07. The number of nitrogens with zero attached hydrogens (tertiary/aromatic N) is 1. The van der Waals surface area contributed by atoms with E-state index < -0.39 is 10.0 Å². The van der Waals surface area contributed by atoms with Crippen LogP contribution in [0.3, 0.4) is 0 Å². The van der Waals surface area contributed by atoms with Crippen LogP contribution in [0.4, 0.5) is 0 Å². The van der Waals surface area contributed by atoms with Crippen molar-refractivity contribution in [2.75, 3.05) is 7.05 Å². The van der Waals surface area contributed by atoms with E-state index in [1.165, 1.54) is 4.31 Å². The summed E-state index contributed by atoms with van der Waals surface area (Å²) in [6.45, 7) is 5.83. The van der Waals surface area contributed by atoms with E-state index in [1.807, 2.05) is 32.9 Å². The Hall–Kier alpha value is -0.870. The maximum atomic E-state index is 12.2. The third-order valence-corrected chi connectivity index (χ3v) is 4.90. The monoisotopic (exact) mass is 241 g/mol. The van der Waals surface area contributed by atoms with Gasteiger partial charge in [-0.05, 0) is 32.4 Å². The summed E-state index contributed by atoms with van der Waals surface area (Å²) >= 11 is 0. The van der Waals surface area contributed by atoms with Gasteiger partial charge >= 0.3 is 0 Å². The van der Waals surface area contributed by atoms with Crippen LogP contribution >= 0.6 is 0 Å². The zero-order valence-electron chi connectivity index (χ0n) is 10.3. The molecule has 0 N–H and O–H groups in total. The van der Waals surface area contributed by atoms with Crippen molar-refractivity contribution in [1.29, 1.82) is 0 Å². The summed E-state index contributed by atoms with van der Waals surface area (Å²) in [6, 6.07) is 6.97. The molecule has 1 unspecified atom stereocenters. The van der Waals surface area contributed by atoms with Crippen LogP contribution in [-0.2, 0) is 10.0 Å². The first-order valence-corrected chi connectivity index (χ1v) is 6.88. The lowest BCUT2D eigenvalue weighted by atomic mass is 10.2. The molecule has 4 heteroatoms. The summed E-state index contributed by atoms with van der Waals surface area (Å²) in [5.41, 5.74) is 1.06. The Morgan fingerprint density at radius 2 is 1.75 bits per heavy atom. The number of benzene rings is 1. The summed E-state index contributed by atoms with van der Waals surface area (Å²) in [4.78, 5) is 0.362. The summed E-state index contributed by atoms with van der Waals surface area (Å²) in [6.07, 6.45) is 0.807.